The van der Waals surface area contributed by atoms with Crippen molar-refractivity contribution in [1.29, 1.82) is 0 Å². The minimum Gasteiger partial charge on any atom is -0.494 e. The average Bonchev–Trinajstić information content (AvgIpc) is 2.97. The lowest BCUT2D eigenvalue weighted by molar-refractivity contribution is -0.153. The van der Waals surface area contributed by atoms with Crippen LogP contribution in [0.3, 0.4) is 0 Å². The normalized spacial score (nSPS) is 11.7. The molecule has 0 spiro atoms. The fourth-order valence-corrected chi connectivity index (χ4v) is 4.93. The first-order valence-corrected chi connectivity index (χ1v) is 14.6. The van der Waals surface area contributed by atoms with Gasteiger partial charge in [-0.05, 0) is 84.0 Å². The van der Waals surface area contributed by atoms with Crippen molar-refractivity contribution in [3.05, 3.63) is 107 Å². The van der Waals surface area contributed by atoms with Crippen LogP contribution in [0.2, 0.25) is 0 Å². The molecule has 7 heteroatoms. The Bertz CT molecular complexity index is 1430. The number of hydrogen-bond donors (Lipinski definition) is 0. The fraction of sp³-hybridized carbons (Fsp3) is 0.371. The lowest BCUT2D eigenvalue weighted by Gasteiger charge is -2.11. The molecule has 0 radical (unpaired) electrons. The molecule has 0 bridgehead atoms. The first kappa shape index (κ1) is 31.3. The summed E-state index contributed by atoms with van der Waals surface area (Å²) in [6.45, 7) is 1.39. The van der Waals surface area contributed by atoms with Crippen LogP contribution >= 0.6 is 0 Å². The number of benzene rings is 4. The maximum absolute atomic E-state index is 15.3. The molecule has 0 aromatic heterocycles. The van der Waals surface area contributed by atoms with Crippen LogP contribution in [0.25, 0.3) is 10.8 Å². The predicted molar refractivity (Wildman–Crippen MR) is 157 cm³/mol. The van der Waals surface area contributed by atoms with Gasteiger partial charge in [0.2, 0.25) is 0 Å². The zero-order valence-electron chi connectivity index (χ0n) is 23.9. The number of ether oxygens (including phenoxy) is 2. The van der Waals surface area contributed by atoms with Gasteiger partial charge in [-0.25, -0.2) is 8.78 Å². The van der Waals surface area contributed by atoms with Gasteiger partial charge in [-0.3, -0.25) is 0 Å². The summed E-state index contributed by atoms with van der Waals surface area (Å²) in [6.07, 6.45) is 3.85. The van der Waals surface area contributed by atoms with Gasteiger partial charge < -0.3 is 9.47 Å². The van der Waals surface area contributed by atoms with Gasteiger partial charge in [-0.15, -0.1) is 0 Å². The number of halogens is 5. The Morgan fingerprint density at radius 2 is 1.31 bits per heavy atom. The van der Waals surface area contributed by atoms with Crippen LogP contribution in [0, 0.1) is 11.6 Å². The highest BCUT2D eigenvalue weighted by Gasteiger charge is 2.29. The lowest BCUT2D eigenvalue weighted by Crippen LogP contribution is -2.19. The number of aryl methyl sites for hydroxylation is 4. The maximum Gasteiger partial charge on any atom is 0.422 e. The molecule has 0 amide bonds. The minimum absolute atomic E-state index is 0.314. The van der Waals surface area contributed by atoms with Crippen LogP contribution in [0.15, 0.2) is 72.8 Å². The highest BCUT2D eigenvalue weighted by atomic mass is 19.4. The molecule has 4 aromatic carbocycles. The average molecular weight is 585 g/mol. The first-order chi connectivity index (χ1) is 20.2. The topological polar surface area (TPSA) is 18.5 Å². The van der Waals surface area contributed by atoms with Gasteiger partial charge in [0.05, 0.1) is 6.61 Å². The largest absolute Gasteiger partial charge is 0.494 e. The molecule has 0 saturated heterocycles. The highest BCUT2D eigenvalue weighted by Crippen LogP contribution is 2.26. The molecule has 0 unspecified atom stereocenters. The van der Waals surface area contributed by atoms with Gasteiger partial charge in [0, 0.05) is 5.39 Å². The number of alkyl halides is 3. The van der Waals surface area contributed by atoms with E-state index in [0.717, 1.165) is 48.6 Å². The van der Waals surface area contributed by atoms with E-state index < -0.39 is 24.3 Å². The Kier molecular flexibility index (Phi) is 11.2. The van der Waals surface area contributed by atoms with Gasteiger partial charge in [-0.2, -0.15) is 13.2 Å². The van der Waals surface area contributed by atoms with Gasteiger partial charge in [0.25, 0.3) is 0 Å². The van der Waals surface area contributed by atoms with Gasteiger partial charge in [0.15, 0.2) is 18.2 Å². The van der Waals surface area contributed by atoms with Crippen molar-refractivity contribution in [1.82, 2.24) is 0 Å². The Labute approximate surface area is 244 Å². The summed E-state index contributed by atoms with van der Waals surface area (Å²) in [4.78, 5) is 0. The zero-order valence-corrected chi connectivity index (χ0v) is 23.9. The third-order valence-electron chi connectivity index (χ3n) is 7.31. The van der Waals surface area contributed by atoms with Crippen molar-refractivity contribution in [3.8, 4) is 11.5 Å². The van der Waals surface area contributed by atoms with E-state index in [1.54, 1.807) is 12.1 Å². The van der Waals surface area contributed by atoms with Crippen molar-refractivity contribution in [2.45, 2.75) is 70.9 Å². The first-order valence-electron chi connectivity index (χ1n) is 14.6. The molecular weight excluding hydrogens is 547 g/mol. The van der Waals surface area contributed by atoms with Crippen LogP contribution in [0.4, 0.5) is 22.0 Å². The van der Waals surface area contributed by atoms with Crippen molar-refractivity contribution in [2.75, 3.05) is 13.2 Å². The lowest BCUT2D eigenvalue weighted by atomic mass is 9.97. The Balaban J connectivity index is 1.29. The zero-order chi connectivity index (χ0) is 30.0. The number of fused-ring (bicyclic) bond motifs is 1. The molecule has 4 aromatic rings. The van der Waals surface area contributed by atoms with E-state index in [2.05, 4.69) is 23.8 Å². The number of hydrogen-bond acceptors (Lipinski definition) is 2. The van der Waals surface area contributed by atoms with E-state index in [1.165, 1.54) is 43.4 Å². The van der Waals surface area contributed by atoms with E-state index >= 15 is 4.39 Å². The standard InChI is InChI=1S/C35H37F5O2/c1-2-3-4-5-6-21-41-30-17-10-25(11-18-30)7-8-26-12-19-31-29(22-26)16-15-28(34(31)37)14-9-27-13-20-33(32(36)23-27)42-24-35(38,39)40/h10-13,15-20,22-23H,2-9,14,21,24H2,1H3. The molecule has 0 atom stereocenters. The molecule has 0 fully saturated rings. The smallest absolute Gasteiger partial charge is 0.422 e. The molecular formula is C35H37F5O2. The van der Waals surface area contributed by atoms with Crippen LogP contribution in [-0.4, -0.2) is 19.4 Å². The summed E-state index contributed by atoms with van der Waals surface area (Å²) in [5.74, 6) is -0.757. The van der Waals surface area contributed by atoms with Crippen LogP contribution in [-0.2, 0) is 25.7 Å². The molecule has 224 valence electrons. The van der Waals surface area contributed by atoms with Crippen LogP contribution in [0.1, 0.15) is 61.3 Å². The van der Waals surface area contributed by atoms with Gasteiger partial charge in [0.1, 0.15) is 11.6 Å². The summed E-state index contributed by atoms with van der Waals surface area (Å²) >= 11 is 0. The number of rotatable bonds is 15. The van der Waals surface area contributed by atoms with E-state index in [0.29, 0.717) is 29.4 Å². The molecule has 4 rings (SSSR count). The van der Waals surface area contributed by atoms with Crippen LogP contribution < -0.4 is 9.47 Å². The molecule has 0 aliphatic rings. The van der Waals surface area contributed by atoms with Gasteiger partial charge in [-0.1, -0.05) is 81.1 Å². The van der Waals surface area contributed by atoms with E-state index in [-0.39, 0.29) is 5.82 Å². The summed E-state index contributed by atoms with van der Waals surface area (Å²) in [5.41, 5.74) is 3.37. The predicted octanol–water partition coefficient (Wildman–Crippen LogP) is 9.98. The Morgan fingerprint density at radius 3 is 2.05 bits per heavy atom. The highest BCUT2D eigenvalue weighted by molar-refractivity contribution is 5.84. The third kappa shape index (κ3) is 9.47. The SMILES string of the molecule is CCCCCCCOc1ccc(CCc2ccc3c(F)c(CCc4ccc(OCC(F)(F)F)c(F)c4)ccc3c2)cc1. The summed E-state index contributed by atoms with van der Waals surface area (Å²) < 4.78 is 76.8. The molecule has 0 heterocycles. The van der Waals surface area contributed by atoms with E-state index in [9.17, 15) is 17.6 Å². The molecule has 0 aliphatic carbocycles. The van der Waals surface area contributed by atoms with Gasteiger partial charge >= 0.3 is 6.18 Å². The monoisotopic (exact) mass is 584 g/mol. The second kappa shape index (κ2) is 15.0. The third-order valence-corrected chi connectivity index (χ3v) is 7.31. The maximum atomic E-state index is 15.3. The summed E-state index contributed by atoms with van der Waals surface area (Å²) in [5, 5.41) is 1.34. The molecule has 0 N–H and O–H groups in total. The summed E-state index contributed by atoms with van der Waals surface area (Å²) in [6, 6.07) is 21.4. The van der Waals surface area contributed by atoms with Crippen LogP contribution in [0.5, 0.6) is 11.5 Å². The molecule has 0 aliphatic heterocycles. The second-order valence-electron chi connectivity index (χ2n) is 10.7. The molecule has 0 saturated carbocycles. The Morgan fingerprint density at radius 1 is 0.643 bits per heavy atom. The number of unbranched alkanes of at least 4 members (excludes halogenated alkanes) is 4. The van der Waals surface area contributed by atoms with Crippen molar-refractivity contribution >= 4 is 10.8 Å². The minimum atomic E-state index is -4.55. The quantitative estimate of drug-likeness (QED) is 0.102. The van der Waals surface area contributed by atoms with E-state index in [4.69, 9.17) is 4.74 Å². The van der Waals surface area contributed by atoms with Crippen molar-refractivity contribution in [2.24, 2.45) is 0 Å². The van der Waals surface area contributed by atoms with Crippen molar-refractivity contribution in [3.63, 3.8) is 0 Å². The van der Waals surface area contributed by atoms with Crippen molar-refractivity contribution < 1.29 is 31.4 Å². The van der Waals surface area contributed by atoms with E-state index in [1.807, 2.05) is 30.3 Å². The molecule has 2 nitrogen and oxygen atoms in total. The summed E-state index contributed by atoms with van der Waals surface area (Å²) in [7, 11) is 0. The Hall–Kier alpha value is -3.61. The molecule has 42 heavy (non-hydrogen) atoms. The second-order valence-corrected chi connectivity index (χ2v) is 10.7. The fourth-order valence-electron chi connectivity index (χ4n) is 4.93.